The molecule has 9 heteroatoms. The number of halogens is 1. The number of imide groups is 1. The lowest BCUT2D eigenvalue weighted by Crippen LogP contribution is -2.44. The average molecular weight is 596 g/mol. The molecule has 0 N–H and O–H groups in total. The number of nitrogens with zero attached hydrogens (tertiary/aromatic N) is 2. The number of ether oxygens (including phenoxy) is 2. The number of piperidine rings is 1. The molecule has 0 saturated carbocycles. The van der Waals surface area contributed by atoms with E-state index in [0.29, 0.717) is 41.2 Å². The van der Waals surface area contributed by atoms with Crippen molar-refractivity contribution >= 4 is 61.6 Å². The Morgan fingerprint density at radius 2 is 1.79 bits per heavy atom. The largest absolute Gasteiger partial charge is 0.493 e. The minimum Gasteiger partial charge on any atom is -0.493 e. The van der Waals surface area contributed by atoms with Gasteiger partial charge in [-0.3, -0.25) is 19.3 Å². The Labute approximate surface area is 233 Å². The van der Waals surface area contributed by atoms with E-state index in [-0.39, 0.29) is 17.4 Å². The van der Waals surface area contributed by atoms with Gasteiger partial charge in [-0.15, -0.1) is 0 Å². The van der Waals surface area contributed by atoms with Crippen LogP contribution in [-0.4, -0.2) is 53.6 Å². The molecule has 3 amide bonds. The minimum absolute atomic E-state index is 0.189. The maximum absolute atomic E-state index is 13.0. The summed E-state index contributed by atoms with van der Waals surface area (Å²) in [6, 6.07) is 17.9. The van der Waals surface area contributed by atoms with E-state index in [2.05, 4.69) is 40.2 Å². The van der Waals surface area contributed by atoms with Crippen LogP contribution in [0.3, 0.4) is 0 Å². The molecule has 2 fully saturated rings. The summed E-state index contributed by atoms with van der Waals surface area (Å²) in [5.41, 5.74) is 1.69. The Morgan fingerprint density at radius 1 is 1.03 bits per heavy atom. The van der Waals surface area contributed by atoms with Crippen molar-refractivity contribution in [1.29, 1.82) is 0 Å². The summed E-state index contributed by atoms with van der Waals surface area (Å²) in [6.45, 7) is 1.47. The quantitative estimate of drug-likeness (QED) is 0.301. The summed E-state index contributed by atoms with van der Waals surface area (Å²) in [7, 11) is 1.55. The molecule has 0 spiro atoms. The molecule has 0 bridgehead atoms. The van der Waals surface area contributed by atoms with Crippen LogP contribution in [0.25, 0.3) is 16.8 Å². The van der Waals surface area contributed by atoms with E-state index in [0.717, 1.165) is 46.9 Å². The third-order valence-electron chi connectivity index (χ3n) is 6.62. The van der Waals surface area contributed by atoms with E-state index in [1.165, 1.54) is 5.39 Å². The van der Waals surface area contributed by atoms with Crippen molar-refractivity contribution in [3.8, 4) is 11.5 Å². The Balaban J connectivity index is 1.30. The summed E-state index contributed by atoms with van der Waals surface area (Å²) in [5, 5.41) is 1.87. The number of fused-ring (bicyclic) bond motifs is 1. The lowest BCUT2D eigenvalue weighted by Gasteiger charge is -2.27. The summed E-state index contributed by atoms with van der Waals surface area (Å²) in [5.74, 6) is 0.381. The molecule has 196 valence electrons. The molecule has 0 aromatic heterocycles. The highest BCUT2D eigenvalue weighted by Gasteiger charge is 2.37. The van der Waals surface area contributed by atoms with Gasteiger partial charge >= 0.3 is 0 Å². The van der Waals surface area contributed by atoms with Crippen LogP contribution in [0, 0.1) is 0 Å². The number of carbonyl (C=O) groups excluding carboxylic acids is 3. The van der Waals surface area contributed by atoms with Crippen LogP contribution >= 0.6 is 27.7 Å². The average Bonchev–Trinajstić information content (AvgIpc) is 3.19. The van der Waals surface area contributed by atoms with Crippen molar-refractivity contribution in [3.63, 3.8) is 0 Å². The molecular formula is C29H27BrN2O5S. The van der Waals surface area contributed by atoms with Gasteiger partial charge < -0.3 is 14.4 Å². The second kappa shape index (κ2) is 11.6. The van der Waals surface area contributed by atoms with Gasteiger partial charge in [0.2, 0.25) is 5.91 Å². The Morgan fingerprint density at radius 3 is 2.55 bits per heavy atom. The molecule has 2 aliphatic heterocycles. The number of likely N-dealkylation sites (tertiary alicyclic amines) is 1. The van der Waals surface area contributed by atoms with Crippen molar-refractivity contribution in [3.05, 3.63) is 75.1 Å². The van der Waals surface area contributed by atoms with Crippen molar-refractivity contribution in [2.24, 2.45) is 0 Å². The van der Waals surface area contributed by atoms with Gasteiger partial charge in [-0.2, -0.15) is 0 Å². The van der Waals surface area contributed by atoms with E-state index >= 15 is 0 Å². The molecule has 2 aliphatic rings. The van der Waals surface area contributed by atoms with Gasteiger partial charge in [0.15, 0.2) is 11.5 Å². The summed E-state index contributed by atoms with van der Waals surface area (Å²) < 4.78 is 12.3. The first-order chi connectivity index (χ1) is 18.4. The predicted molar refractivity (Wildman–Crippen MR) is 152 cm³/mol. The summed E-state index contributed by atoms with van der Waals surface area (Å²) in [6.07, 6.45) is 4.63. The standard InChI is InChI=1S/C29H27BrN2O5S/c1-36-24-15-20(14-23(30)27(24)37-18-19-9-10-21-7-3-4-8-22(21)13-19)16-25-28(34)32(29(35)38-25)17-26(33)31-11-5-2-6-12-31/h3-4,7-10,13-16H,2,5-6,11-12,17-18H2,1H3/b25-16-. The maximum Gasteiger partial charge on any atom is 0.294 e. The van der Waals surface area contributed by atoms with Crippen LogP contribution in [0.15, 0.2) is 64.0 Å². The molecule has 2 heterocycles. The number of benzene rings is 3. The van der Waals surface area contributed by atoms with Crippen molar-refractivity contribution in [1.82, 2.24) is 9.80 Å². The van der Waals surface area contributed by atoms with E-state index < -0.39 is 11.1 Å². The van der Waals surface area contributed by atoms with Gasteiger partial charge in [0.05, 0.1) is 16.5 Å². The van der Waals surface area contributed by atoms with Gasteiger partial charge in [0, 0.05) is 13.1 Å². The number of rotatable bonds is 7. The Bertz CT molecular complexity index is 1430. The van der Waals surface area contributed by atoms with E-state index in [9.17, 15) is 14.4 Å². The van der Waals surface area contributed by atoms with E-state index in [4.69, 9.17) is 9.47 Å². The van der Waals surface area contributed by atoms with E-state index in [1.54, 1.807) is 24.2 Å². The third kappa shape index (κ3) is 5.73. The fourth-order valence-electron chi connectivity index (χ4n) is 4.61. The number of thioether (sulfide) groups is 1. The third-order valence-corrected chi connectivity index (χ3v) is 8.12. The molecular weight excluding hydrogens is 568 g/mol. The molecule has 5 rings (SSSR count). The number of hydrogen-bond acceptors (Lipinski definition) is 6. The van der Waals surface area contributed by atoms with Gasteiger partial charge in [-0.25, -0.2) is 0 Å². The number of amides is 3. The van der Waals surface area contributed by atoms with Gasteiger partial charge in [0.1, 0.15) is 13.2 Å². The highest BCUT2D eigenvalue weighted by molar-refractivity contribution is 9.10. The predicted octanol–water partition coefficient (Wildman–Crippen LogP) is 6.24. The zero-order valence-electron chi connectivity index (χ0n) is 20.9. The van der Waals surface area contributed by atoms with Crippen molar-refractivity contribution in [2.75, 3.05) is 26.7 Å². The Kier molecular flexibility index (Phi) is 8.04. The van der Waals surface area contributed by atoms with Crippen LogP contribution in [0.2, 0.25) is 0 Å². The van der Waals surface area contributed by atoms with Crippen LogP contribution < -0.4 is 9.47 Å². The van der Waals surface area contributed by atoms with Crippen molar-refractivity contribution < 1.29 is 23.9 Å². The second-order valence-corrected chi connectivity index (χ2v) is 11.1. The lowest BCUT2D eigenvalue weighted by molar-refractivity contribution is -0.136. The maximum atomic E-state index is 13.0. The first-order valence-corrected chi connectivity index (χ1v) is 14.0. The molecule has 0 radical (unpaired) electrons. The van der Waals surface area contributed by atoms with Gasteiger partial charge in [0.25, 0.3) is 11.1 Å². The molecule has 3 aromatic carbocycles. The van der Waals surface area contributed by atoms with Crippen LogP contribution in [-0.2, 0) is 16.2 Å². The fraction of sp³-hybridized carbons (Fsp3) is 0.276. The molecule has 2 saturated heterocycles. The zero-order chi connectivity index (χ0) is 26.6. The van der Waals surface area contributed by atoms with E-state index in [1.807, 2.05) is 24.3 Å². The first-order valence-electron chi connectivity index (χ1n) is 12.4. The van der Waals surface area contributed by atoms with Crippen LogP contribution in [0.4, 0.5) is 4.79 Å². The monoisotopic (exact) mass is 594 g/mol. The second-order valence-electron chi connectivity index (χ2n) is 9.21. The highest BCUT2D eigenvalue weighted by Crippen LogP contribution is 2.39. The fourth-order valence-corrected chi connectivity index (χ4v) is 6.03. The molecule has 0 unspecified atom stereocenters. The topological polar surface area (TPSA) is 76.2 Å². The smallest absolute Gasteiger partial charge is 0.294 e. The molecule has 7 nitrogen and oxygen atoms in total. The lowest BCUT2D eigenvalue weighted by atomic mass is 10.1. The van der Waals surface area contributed by atoms with Crippen molar-refractivity contribution in [2.45, 2.75) is 25.9 Å². The summed E-state index contributed by atoms with van der Waals surface area (Å²) >= 11 is 4.40. The number of hydrogen-bond donors (Lipinski definition) is 0. The van der Waals surface area contributed by atoms with Gasteiger partial charge in [-0.1, -0.05) is 36.4 Å². The molecule has 0 aliphatic carbocycles. The number of methoxy groups -OCH3 is 1. The first kappa shape index (κ1) is 26.3. The molecule has 3 aromatic rings. The van der Waals surface area contributed by atoms with Crippen LogP contribution in [0.5, 0.6) is 11.5 Å². The molecule has 0 atom stereocenters. The van der Waals surface area contributed by atoms with Crippen LogP contribution in [0.1, 0.15) is 30.4 Å². The minimum atomic E-state index is -0.461. The SMILES string of the molecule is COc1cc(/C=C2\SC(=O)N(CC(=O)N3CCCCC3)C2=O)cc(Br)c1OCc1ccc2ccccc2c1. The van der Waals surface area contributed by atoms with Gasteiger partial charge in [-0.05, 0) is 93.1 Å². The highest BCUT2D eigenvalue weighted by atomic mass is 79.9. The number of carbonyl (C=O) groups is 3. The summed E-state index contributed by atoms with van der Waals surface area (Å²) in [4.78, 5) is 41.2. The zero-order valence-corrected chi connectivity index (χ0v) is 23.3. The molecule has 38 heavy (non-hydrogen) atoms. The Hall–Kier alpha value is -3.30. The normalized spacial score (nSPS) is 16.9.